The molecule has 0 fully saturated rings. The van der Waals surface area contributed by atoms with Crippen LogP contribution in [0.4, 0.5) is 0 Å². The Morgan fingerprint density at radius 2 is 2.12 bits per heavy atom. The van der Waals surface area contributed by atoms with Gasteiger partial charge in [-0.15, -0.1) is 0 Å². The molecule has 1 unspecified atom stereocenters. The minimum Gasteiger partial charge on any atom is -0.492 e. The van der Waals surface area contributed by atoms with E-state index < -0.39 is 5.97 Å². The maximum absolute atomic E-state index is 10.4. The second-order valence-corrected chi connectivity index (χ2v) is 3.61. The number of hydrogen-bond donors (Lipinski definition) is 2. The fourth-order valence-corrected chi connectivity index (χ4v) is 1.33. The smallest absolute Gasteiger partial charge is 0.304 e. The van der Waals surface area contributed by atoms with Crippen LogP contribution in [0.3, 0.4) is 0 Å². The van der Waals surface area contributed by atoms with E-state index >= 15 is 0 Å². The molecule has 4 nitrogen and oxygen atoms in total. The van der Waals surface area contributed by atoms with Crippen molar-refractivity contribution in [2.75, 3.05) is 13.2 Å². The molecule has 88 valence electrons. The van der Waals surface area contributed by atoms with E-state index in [0.717, 1.165) is 5.75 Å². The summed E-state index contributed by atoms with van der Waals surface area (Å²) in [5.41, 5.74) is 0. The minimum absolute atomic E-state index is 0.0307. The molecule has 1 rings (SSSR count). The number of benzene rings is 1. The average Bonchev–Trinajstić information content (AvgIpc) is 2.25. The first-order chi connectivity index (χ1) is 7.68. The normalized spacial score (nSPS) is 12.1. The first-order valence-corrected chi connectivity index (χ1v) is 5.31. The number of ether oxygens (including phenoxy) is 1. The van der Waals surface area contributed by atoms with Crippen LogP contribution in [0.1, 0.15) is 13.3 Å². The van der Waals surface area contributed by atoms with E-state index in [2.05, 4.69) is 5.32 Å². The van der Waals surface area contributed by atoms with Crippen molar-refractivity contribution in [3.63, 3.8) is 0 Å². The Morgan fingerprint density at radius 3 is 2.75 bits per heavy atom. The highest BCUT2D eigenvalue weighted by Crippen LogP contribution is 2.07. The average molecular weight is 223 g/mol. The molecule has 0 radical (unpaired) electrons. The number of carbonyl (C=O) groups is 1. The zero-order chi connectivity index (χ0) is 11.8. The molecule has 0 aliphatic heterocycles. The van der Waals surface area contributed by atoms with Crippen molar-refractivity contribution in [1.82, 2.24) is 5.32 Å². The Labute approximate surface area is 95.2 Å². The lowest BCUT2D eigenvalue weighted by Gasteiger charge is -2.11. The monoisotopic (exact) mass is 223 g/mol. The quantitative estimate of drug-likeness (QED) is 0.688. The number of hydrogen-bond acceptors (Lipinski definition) is 3. The molecule has 0 heterocycles. The van der Waals surface area contributed by atoms with Crippen LogP contribution in [0.15, 0.2) is 30.3 Å². The van der Waals surface area contributed by atoms with Gasteiger partial charge in [-0.3, -0.25) is 4.79 Å². The van der Waals surface area contributed by atoms with E-state index in [1.165, 1.54) is 0 Å². The van der Waals surface area contributed by atoms with Gasteiger partial charge in [0.25, 0.3) is 0 Å². The maximum atomic E-state index is 10.4. The van der Waals surface area contributed by atoms with Crippen LogP contribution in [0.5, 0.6) is 5.75 Å². The summed E-state index contributed by atoms with van der Waals surface area (Å²) in [6, 6.07) is 9.50. The third-order valence-corrected chi connectivity index (χ3v) is 2.09. The van der Waals surface area contributed by atoms with Crippen molar-refractivity contribution >= 4 is 5.97 Å². The van der Waals surface area contributed by atoms with Crippen LogP contribution in [0.25, 0.3) is 0 Å². The molecule has 1 aromatic carbocycles. The number of carboxylic acid groups (broad SMARTS) is 1. The number of nitrogens with one attached hydrogen (secondary N) is 1. The Hall–Kier alpha value is -1.55. The Bertz CT molecular complexity index is 313. The number of aliphatic carboxylic acids is 1. The Kier molecular flexibility index (Phi) is 5.36. The highest BCUT2D eigenvalue weighted by Gasteiger charge is 2.05. The van der Waals surface area contributed by atoms with Crippen LogP contribution in [0.2, 0.25) is 0 Å². The van der Waals surface area contributed by atoms with Crippen molar-refractivity contribution in [3.8, 4) is 5.75 Å². The second kappa shape index (κ2) is 6.85. The molecular weight excluding hydrogens is 206 g/mol. The standard InChI is InChI=1S/C12H17NO3/c1-10(9-12(14)15)13-7-8-16-11-5-3-2-4-6-11/h2-6,10,13H,7-9H2,1H3,(H,14,15). The van der Waals surface area contributed by atoms with Gasteiger partial charge in [0, 0.05) is 12.6 Å². The zero-order valence-electron chi connectivity index (χ0n) is 9.35. The van der Waals surface area contributed by atoms with Crippen molar-refractivity contribution in [2.45, 2.75) is 19.4 Å². The number of para-hydroxylation sites is 1. The van der Waals surface area contributed by atoms with Crippen LogP contribution < -0.4 is 10.1 Å². The summed E-state index contributed by atoms with van der Waals surface area (Å²) in [7, 11) is 0. The van der Waals surface area contributed by atoms with Gasteiger partial charge in [-0.1, -0.05) is 18.2 Å². The minimum atomic E-state index is -0.788. The summed E-state index contributed by atoms with van der Waals surface area (Å²) in [6.07, 6.45) is 0.130. The van der Waals surface area contributed by atoms with E-state index in [0.29, 0.717) is 13.2 Å². The largest absolute Gasteiger partial charge is 0.492 e. The molecule has 4 heteroatoms. The molecule has 0 spiro atoms. The lowest BCUT2D eigenvalue weighted by atomic mass is 10.2. The van der Waals surface area contributed by atoms with E-state index in [4.69, 9.17) is 9.84 Å². The van der Waals surface area contributed by atoms with Crippen LogP contribution in [0, 0.1) is 0 Å². The third-order valence-electron chi connectivity index (χ3n) is 2.09. The van der Waals surface area contributed by atoms with Crippen molar-refractivity contribution in [3.05, 3.63) is 30.3 Å². The molecular formula is C12H17NO3. The Balaban J connectivity index is 2.10. The van der Waals surface area contributed by atoms with Crippen LogP contribution in [-0.2, 0) is 4.79 Å². The van der Waals surface area contributed by atoms with Crippen LogP contribution in [-0.4, -0.2) is 30.3 Å². The molecule has 0 aromatic heterocycles. The first kappa shape index (κ1) is 12.5. The molecule has 0 saturated heterocycles. The molecule has 1 aromatic rings. The molecule has 0 aliphatic carbocycles. The zero-order valence-corrected chi connectivity index (χ0v) is 9.35. The summed E-state index contributed by atoms with van der Waals surface area (Å²) in [5.74, 6) is 0.0409. The predicted octanol–water partition coefficient (Wildman–Crippen LogP) is 1.52. The third kappa shape index (κ3) is 5.36. The van der Waals surface area contributed by atoms with Gasteiger partial charge in [0.2, 0.25) is 0 Å². The summed E-state index contributed by atoms with van der Waals surface area (Å²) < 4.78 is 5.45. The number of carboxylic acids is 1. The van der Waals surface area contributed by atoms with E-state index in [-0.39, 0.29) is 12.5 Å². The molecule has 0 bridgehead atoms. The molecule has 0 saturated carbocycles. The highest BCUT2D eigenvalue weighted by atomic mass is 16.5. The molecule has 16 heavy (non-hydrogen) atoms. The summed E-state index contributed by atoms with van der Waals surface area (Å²) >= 11 is 0. The van der Waals surface area contributed by atoms with Crippen molar-refractivity contribution in [1.29, 1.82) is 0 Å². The number of rotatable bonds is 7. The summed E-state index contributed by atoms with van der Waals surface area (Å²) in [6.45, 7) is 3.02. The summed E-state index contributed by atoms with van der Waals surface area (Å²) in [5, 5.41) is 11.6. The molecule has 0 aliphatic rings. The topological polar surface area (TPSA) is 58.6 Å². The fraction of sp³-hybridized carbons (Fsp3) is 0.417. The van der Waals surface area contributed by atoms with E-state index in [9.17, 15) is 4.79 Å². The van der Waals surface area contributed by atoms with Crippen molar-refractivity contribution < 1.29 is 14.6 Å². The Morgan fingerprint density at radius 1 is 1.44 bits per heavy atom. The maximum Gasteiger partial charge on any atom is 0.304 e. The highest BCUT2D eigenvalue weighted by molar-refractivity contribution is 5.67. The van der Waals surface area contributed by atoms with Gasteiger partial charge in [0.15, 0.2) is 0 Å². The van der Waals surface area contributed by atoms with E-state index in [1.807, 2.05) is 37.3 Å². The summed E-state index contributed by atoms with van der Waals surface area (Å²) in [4.78, 5) is 10.4. The molecule has 2 N–H and O–H groups in total. The van der Waals surface area contributed by atoms with Gasteiger partial charge < -0.3 is 15.2 Å². The lowest BCUT2D eigenvalue weighted by molar-refractivity contribution is -0.137. The predicted molar refractivity (Wildman–Crippen MR) is 61.7 cm³/mol. The van der Waals surface area contributed by atoms with Gasteiger partial charge in [-0.25, -0.2) is 0 Å². The van der Waals surface area contributed by atoms with Crippen molar-refractivity contribution in [2.24, 2.45) is 0 Å². The fourth-order valence-electron chi connectivity index (χ4n) is 1.33. The van der Waals surface area contributed by atoms with Gasteiger partial charge >= 0.3 is 5.97 Å². The van der Waals surface area contributed by atoms with Gasteiger partial charge in [0.1, 0.15) is 12.4 Å². The van der Waals surface area contributed by atoms with Gasteiger partial charge in [-0.05, 0) is 19.1 Å². The van der Waals surface area contributed by atoms with Gasteiger partial charge in [0.05, 0.1) is 6.42 Å². The second-order valence-electron chi connectivity index (χ2n) is 3.61. The molecule has 1 atom stereocenters. The SMILES string of the molecule is CC(CC(=O)O)NCCOc1ccccc1. The van der Waals surface area contributed by atoms with Gasteiger partial charge in [-0.2, -0.15) is 0 Å². The lowest BCUT2D eigenvalue weighted by Crippen LogP contribution is -2.31. The first-order valence-electron chi connectivity index (χ1n) is 5.31. The van der Waals surface area contributed by atoms with Crippen LogP contribution >= 0.6 is 0 Å². The van der Waals surface area contributed by atoms with E-state index in [1.54, 1.807) is 0 Å². The molecule has 0 amide bonds.